The third kappa shape index (κ3) is 2.12. The fourth-order valence-electron chi connectivity index (χ4n) is 2.24. The largest absolute Gasteiger partial charge is 0.366 e. The Hall–Kier alpha value is -2.75. The first-order valence-electron chi connectivity index (χ1n) is 6.08. The number of carbonyl (C=O) groups excluding carboxylic acids is 1. The van der Waals surface area contributed by atoms with Gasteiger partial charge in [0.15, 0.2) is 0 Å². The zero-order valence-corrected chi connectivity index (χ0v) is 10.5. The summed E-state index contributed by atoms with van der Waals surface area (Å²) in [7, 11) is 0. The number of fused-ring (bicyclic) bond motifs is 1. The number of hydrogen-bond donors (Lipinski definition) is 1. The van der Waals surface area contributed by atoms with Crippen LogP contribution in [0.1, 0.15) is 10.4 Å². The van der Waals surface area contributed by atoms with Gasteiger partial charge in [-0.3, -0.25) is 9.78 Å². The minimum Gasteiger partial charge on any atom is -0.366 e. The van der Waals surface area contributed by atoms with Gasteiger partial charge in [-0.2, -0.15) is 0 Å². The maximum atomic E-state index is 13.3. The van der Waals surface area contributed by atoms with Crippen LogP contribution in [0.4, 0.5) is 4.39 Å². The van der Waals surface area contributed by atoms with Gasteiger partial charge in [-0.05, 0) is 34.5 Å². The van der Waals surface area contributed by atoms with Crippen molar-refractivity contribution in [3.8, 4) is 11.1 Å². The molecule has 3 nitrogen and oxygen atoms in total. The Bertz CT molecular complexity index is 814. The van der Waals surface area contributed by atoms with Crippen molar-refractivity contribution in [3.63, 3.8) is 0 Å². The van der Waals surface area contributed by atoms with Crippen molar-refractivity contribution in [2.75, 3.05) is 0 Å². The molecule has 1 aromatic heterocycles. The van der Waals surface area contributed by atoms with Crippen LogP contribution in [0.5, 0.6) is 0 Å². The number of amides is 1. The Balaban J connectivity index is 2.29. The Labute approximate surface area is 114 Å². The summed E-state index contributed by atoms with van der Waals surface area (Å²) in [5.74, 6) is -0.885. The molecule has 0 fully saturated rings. The molecule has 3 rings (SSSR count). The van der Waals surface area contributed by atoms with Crippen molar-refractivity contribution >= 4 is 16.7 Å². The third-order valence-corrected chi connectivity index (χ3v) is 3.18. The highest BCUT2D eigenvalue weighted by molar-refractivity contribution is 6.02. The van der Waals surface area contributed by atoms with Gasteiger partial charge < -0.3 is 5.73 Å². The van der Waals surface area contributed by atoms with Crippen molar-refractivity contribution in [1.29, 1.82) is 0 Å². The average molecular weight is 266 g/mol. The first-order valence-corrected chi connectivity index (χ1v) is 6.08. The smallest absolute Gasteiger partial charge is 0.248 e. The standard InChI is InChI=1S/C16H11FN2O/c17-13-6-12(8-19-9-13)14-3-1-2-10-4-5-11(16(18)20)7-15(10)14/h1-9H,(H2,18,20). The van der Waals surface area contributed by atoms with Crippen LogP contribution < -0.4 is 5.73 Å². The van der Waals surface area contributed by atoms with Crippen molar-refractivity contribution in [3.05, 3.63) is 66.2 Å². The van der Waals surface area contributed by atoms with E-state index < -0.39 is 11.7 Å². The monoisotopic (exact) mass is 266 g/mol. The lowest BCUT2D eigenvalue weighted by molar-refractivity contribution is 0.100. The predicted octanol–water partition coefficient (Wildman–Crippen LogP) is 3.14. The van der Waals surface area contributed by atoms with Gasteiger partial charge in [0.2, 0.25) is 5.91 Å². The van der Waals surface area contributed by atoms with Crippen LogP contribution in [0.2, 0.25) is 0 Å². The minimum absolute atomic E-state index is 0.398. The van der Waals surface area contributed by atoms with E-state index >= 15 is 0 Å². The maximum absolute atomic E-state index is 13.3. The second-order valence-electron chi connectivity index (χ2n) is 4.50. The van der Waals surface area contributed by atoms with Gasteiger partial charge in [-0.25, -0.2) is 4.39 Å². The van der Waals surface area contributed by atoms with Gasteiger partial charge in [-0.1, -0.05) is 24.3 Å². The average Bonchev–Trinajstić information content (AvgIpc) is 2.46. The van der Waals surface area contributed by atoms with Gasteiger partial charge in [0.25, 0.3) is 0 Å². The molecule has 98 valence electrons. The Kier molecular flexibility index (Phi) is 2.91. The molecule has 0 aliphatic rings. The van der Waals surface area contributed by atoms with Crippen molar-refractivity contribution in [2.24, 2.45) is 5.73 Å². The Morgan fingerprint density at radius 2 is 1.95 bits per heavy atom. The number of halogens is 1. The van der Waals surface area contributed by atoms with E-state index in [-0.39, 0.29) is 0 Å². The Morgan fingerprint density at radius 3 is 2.70 bits per heavy atom. The summed E-state index contributed by atoms with van der Waals surface area (Å²) in [5.41, 5.74) is 7.21. The van der Waals surface area contributed by atoms with Crippen LogP contribution in [0, 0.1) is 5.82 Å². The quantitative estimate of drug-likeness (QED) is 0.774. The molecule has 0 aliphatic heterocycles. The topological polar surface area (TPSA) is 56.0 Å². The zero-order chi connectivity index (χ0) is 14.1. The summed E-state index contributed by atoms with van der Waals surface area (Å²) in [6.45, 7) is 0. The van der Waals surface area contributed by atoms with Crippen LogP contribution in [0.25, 0.3) is 21.9 Å². The molecule has 2 aromatic carbocycles. The lowest BCUT2D eigenvalue weighted by atomic mass is 9.97. The lowest BCUT2D eigenvalue weighted by Gasteiger charge is -2.08. The molecule has 0 spiro atoms. The number of nitrogens with two attached hydrogens (primary N) is 1. The molecule has 0 saturated carbocycles. The van der Waals surface area contributed by atoms with Gasteiger partial charge in [0.05, 0.1) is 6.20 Å². The summed E-state index contributed by atoms with van der Waals surface area (Å²) in [6.07, 6.45) is 2.75. The second-order valence-corrected chi connectivity index (χ2v) is 4.50. The van der Waals surface area contributed by atoms with E-state index in [0.29, 0.717) is 11.1 Å². The van der Waals surface area contributed by atoms with E-state index in [1.54, 1.807) is 18.3 Å². The molecule has 3 aromatic rings. The molecule has 0 bridgehead atoms. The second kappa shape index (κ2) is 4.74. The van der Waals surface area contributed by atoms with E-state index in [4.69, 9.17) is 5.73 Å². The fraction of sp³-hybridized carbons (Fsp3) is 0. The summed E-state index contributed by atoms with van der Waals surface area (Å²) in [4.78, 5) is 15.2. The third-order valence-electron chi connectivity index (χ3n) is 3.18. The first kappa shape index (κ1) is 12.3. The van der Waals surface area contributed by atoms with Gasteiger partial charge >= 0.3 is 0 Å². The predicted molar refractivity (Wildman–Crippen MR) is 75.7 cm³/mol. The number of pyridine rings is 1. The summed E-state index contributed by atoms with van der Waals surface area (Å²) >= 11 is 0. The number of nitrogens with zero attached hydrogens (tertiary/aromatic N) is 1. The molecule has 0 radical (unpaired) electrons. The Morgan fingerprint density at radius 1 is 1.10 bits per heavy atom. The van der Waals surface area contributed by atoms with E-state index in [9.17, 15) is 9.18 Å². The van der Waals surface area contributed by atoms with E-state index in [0.717, 1.165) is 22.5 Å². The SMILES string of the molecule is NC(=O)c1ccc2cccc(-c3cncc(F)c3)c2c1. The highest BCUT2D eigenvalue weighted by Crippen LogP contribution is 2.29. The molecular weight excluding hydrogens is 255 g/mol. The molecule has 1 heterocycles. The first-order chi connectivity index (χ1) is 9.65. The number of hydrogen-bond acceptors (Lipinski definition) is 2. The highest BCUT2D eigenvalue weighted by atomic mass is 19.1. The van der Waals surface area contributed by atoms with Crippen LogP contribution in [0.3, 0.4) is 0 Å². The normalized spacial score (nSPS) is 10.7. The summed E-state index contributed by atoms with van der Waals surface area (Å²) in [5, 5.41) is 1.80. The summed E-state index contributed by atoms with van der Waals surface area (Å²) in [6, 6.07) is 12.3. The zero-order valence-electron chi connectivity index (χ0n) is 10.5. The van der Waals surface area contributed by atoms with E-state index in [1.807, 2.05) is 24.3 Å². The van der Waals surface area contributed by atoms with Crippen LogP contribution in [-0.2, 0) is 0 Å². The molecule has 20 heavy (non-hydrogen) atoms. The van der Waals surface area contributed by atoms with E-state index in [2.05, 4.69) is 4.98 Å². The van der Waals surface area contributed by atoms with Gasteiger partial charge in [-0.15, -0.1) is 0 Å². The van der Waals surface area contributed by atoms with Crippen molar-refractivity contribution < 1.29 is 9.18 Å². The van der Waals surface area contributed by atoms with Crippen molar-refractivity contribution in [2.45, 2.75) is 0 Å². The highest BCUT2D eigenvalue weighted by Gasteiger charge is 2.08. The van der Waals surface area contributed by atoms with Crippen LogP contribution in [0.15, 0.2) is 54.9 Å². The lowest BCUT2D eigenvalue weighted by Crippen LogP contribution is -2.10. The molecule has 2 N–H and O–H groups in total. The number of benzene rings is 2. The van der Waals surface area contributed by atoms with Gasteiger partial charge in [0, 0.05) is 17.3 Å². The molecule has 0 unspecified atom stereocenters. The number of carbonyl (C=O) groups is 1. The van der Waals surface area contributed by atoms with Crippen LogP contribution >= 0.6 is 0 Å². The number of rotatable bonds is 2. The molecule has 1 amide bonds. The fourth-order valence-corrected chi connectivity index (χ4v) is 2.24. The van der Waals surface area contributed by atoms with Crippen LogP contribution in [-0.4, -0.2) is 10.9 Å². The maximum Gasteiger partial charge on any atom is 0.248 e. The minimum atomic E-state index is -0.487. The molecule has 0 aliphatic carbocycles. The number of aromatic nitrogens is 1. The molecule has 4 heteroatoms. The molecule has 0 saturated heterocycles. The van der Waals surface area contributed by atoms with Gasteiger partial charge in [0.1, 0.15) is 5.82 Å². The number of primary amides is 1. The molecular formula is C16H11FN2O. The van der Waals surface area contributed by atoms with E-state index in [1.165, 1.54) is 6.07 Å². The van der Waals surface area contributed by atoms with Crippen molar-refractivity contribution in [1.82, 2.24) is 4.98 Å². The summed E-state index contributed by atoms with van der Waals surface area (Å²) < 4.78 is 13.3. The molecule has 0 atom stereocenters.